The summed E-state index contributed by atoms with van der Waals surface area (Å²) in [6.45, 7) is 2.01. The highest BCUT2D eigenvalue weighted by Gasteiger charge is 2.11. The highest BCUT2D eigenvalue weighted by Crippen LogP contribution is 2.32. The predicted octanol–water partition coefficient (Wildman–Crippen LogP) is 4.07. The summed E-state index contributed by atoms with van der Waals surface area (Å²) in [5.41, 5.74) is 0.412. The fourth-order valence-electron chi connectivity index (χ4n) is 1.22. The smallest absolute Gasteiger partial charge is 0.163 e. The van der Waals surface area contributed by atoms with Crippen LogP contribution >= 0.6 is 23.2 Å². The molecule has 0 aromatic heterocycles. The van der Waals surface area contributed by atoms with Crippen molar-refractivity contribution in [3.8, 4) is 5.75 Å². The first kappa shape index (κ1) is 12.3. The normalized spacial score (nSPS) is 10.3. The molecule has 0 fully saturated rings. The van der Waals surface area contributed by atoms with Gasteiger partial charge in [-0.25, -0.2) is 0 Å². The Bertz CT molecular complexity index is 352. The average Bonchev–Trinajstić information content (AvgIpc) is 2.21. The highest BCUT2D eigenvalue weighted by atomic mass is 35.5. The summed E-state index contributed by atoms with van der Waals surface area (Å²) < 4.78 is 0. The minimum Gasteiger partial charge on any atom is -0.506 e. The van der Waals surface area contributed by atoms with Crippen LogP contribution in [0.4, 0.5) is 0 Å². The van der Waals surface area contributed by atoms with Crippen molar-refractivity contribution in [3.05, 3.63) is 27.7 Å². The van der Waals surface area contributed by atoms with Gasteiger partial charge in [-0.05, 0) is 18.6 Å². The van der Waals surface area contributed by atoms with E-state index >= 15 is 0 Å². The zero-order chi connectivity index (χ0) is 11.4. The number of carbonyl (C=O) groups excluding carboxylic acids is 1. The van der Waals surface area contributed by atoms with E-state index < -0.39 is 0 Å². The first-order valence-corrected chi connectivity index (χ1v) is 5.53. The molecule has 1 aromatic carbocycles. The van der Waals surface area contributed by atoms with E-state index in [-0.39, 0.29) is 21.6 Å². The topological polar surface area (TPSA) is 37.3 Å². The van der Waals surface area contributed by atoms with E-state index in [1.54, 1.807) is 0 Å². The van der Waals surface area contributed by atoms with Gasteiger partial charge in [0.1, 0.15) is 10.8 Å². The lowest BCUT2D eigenvalue weighted by Gasteiger charge is -2.04. The number of aromatic hydroxyl groups is 1. The van der Waals surface area contributed by atoms with Crippen LogP contribution in [0.5, 0.6) is 5.75 Å². The molecule has 0 aliphatic rings. The van der Waals surface area contributed by atoms with Crippen molar-refractivity contribution >= 4 is 29.0 Å². The summed E-state index contributed by atoms with van der Waals surface area (Å²) in [5.74, 6) is -0.172. The second-order valence-electron chi connectivity index (χ2n) is 3.32. The molecule has 0 bridgehead atoms. The second kappa shape index (κ2) is 5.38. The molecule has 15 heavy (non-hydrogen) atoms. The molecule has 0 amide bonds. The van der Waals surface area contributed by atoms with E-state index in [0.29, 0.717) is 12.0 Å². The Hall–Kier alpha value is -0.730. The SMILES string of the molecule is CCCCC(=O)c1cc(O)c(Cl)c(Cl)c1. The largest absolute Gasteiger partial charge is 0.506 e. The lowest BCUT2D eigenvalue weighted by molar-refractivity contribution is 0.0979. The summed E-state index contributed by atoms with van der Waals surface area (Å²) in [6, 6.07) is 2.84. The zero-order valence-electron chi connectivity index (χ0n) is 8.39. The van der Waals surface area contributed by atoms with E-state index in [1.165, 1.54) is 12.1 Å². The first-order valence-electron chi connectivity index (χ1n) is 4.77. The predicted molar refractivity (Wildman–Crippen MR) is 62.0 cm³/mol. The van der Waals surface area contributed by atoms with Gasteiger partial charge in [0.2, 0.25) is 0 Å². The molecule has 0 saturated heterocycles. The summed E-state index contributed by atoms with van der Waals surface area (Å²) >= 11 is 11.4. The fourth-order valence-corrected chi connectivity index (χ4v) is 1.54. The number of phenols is 1. The number of Topliss-reactive ketones (excluding diaryl/α,β-unsaturated/α-hetero) is 1. The van der Waals surface area contributed by atoms with E-state index in [4.69, 9.17) is 23.2 Å². The monoisotopic (exact) mass is 246 g/mol. The van der Waals surface area contributed by atoms with Crippen LogP contribution in [0.15, 0.2) is 12.1 Å². The van der Waals surface area contributed by atoms with Gasteiger partial charge in [-0.2, -0.15) is 0 Å². The van der Waals surface area contributed by atoms with Crippen LogP contribution in [-0.2, 0) is 0 Å². The maximum atomic E-state index is 11.6. The van der Waals surface area contributed by atoms with Crippen molar-refractivity contribution in [3.63, 3.8) is 0 Å². The minimum atomic E-state index is -0.149. The van der Waals surface area contributed by atoms with E-state index in [1.807, 2.05) is 6.92 Å². The number of ketones is 1. The Balaban J connectivity index is 2.91. The number of carbonyl (C=O) groups is 1. The van der Waals surface area contributed by atoms with Crippen molar-refractivity contribution in [2.75, 3.05) is 0 Å². The van der Waals surface area contributed by atoms with Gasteiger partial charge < -0.3 is 5.11 Å². The molecule has 2 nitrogen and oxygen atoms in total. The Labute approximate surface area is 98.8 Å². The Morgan fingerprint density at radius 1 is 1.40 bits per heavy atom. The zero-order valence-corrected chi connectivity index (χ0v) is 9.90. The van der Waals surface area contributed by atoms with Crippen molar-refractivity contribution in [2.45, 2.75) is 26.2 Å². The molecule has 0 unspecified atom stereocenters. The molecule has 4 heteroatoms. The van der Waals surface area contributed by atoms with Crippen LogP contribution < -0.4 is 0 Å². The number of phenolic OH excluding ortho intramolecular Hbond substituents is 1. The summed E-state index contributed by atoms with van der Waals surface area (Å²) in [7, 11) is 0. The maximum absolute atomic E-state index is 11.6. The van der Waals surface area contributed by atoms with Gasteiger partial charge in [-0.15, -0.1) is 0 Å². The third-order valence-electron chi connectivity index (χ3n) is 2.09. The molecule has 0 aliphatic heterocycles. The molecular formula is C11H12Cl2O2. The quantitative estimate of drug-likeness (QED) is 0.814. The molecule has 1 N–H and O–H groups in total. The lowest BCUT2D eigenvalue weighted by atomic mass is 10.1. The Kier molecular flexibility index (Phi) is 4.43. The van der Waals surface area contributed by atoms with Gasteiger partial charge >= 0.3 is 0 Å². The molecule has 0 radical (unpaired) electrons. The fraction of sp³-hybridized carbons (Fsp3) is 0.364. The standard InChI is InChI=1S/C11H12Cl2O2/c1-2-3-4-9(14)7-5-8(12)11(13)10(15)6-7/h5-6,15H,2-4H2,1H3. The molecule has 82 valence electrons. The van der Waals surface area contributed by atoms with Crippen LogP contribution in [-0.4, -0.2) is 10.9 Å². The van der Waals surface area contributed by atoms with Crippen molar-refractivity contribution in [2.24, 2.45) is 0 Å². The molecule has 0 aliphatic carbocycles. The first-order chi connectivity index (χ1) is 7.06. The maximum Gasteiger partial charge on any atom is 0.163 e. The van der Waals surface area contributed by atoms with Crippen LogP contribution in [0.25, 0.3) is 0 Å². The number of rotatable bonds is 4. The molecule has 1 rings (SSSR count). The third-order valence-corrected chi connectivity index (χ3v) is 2.88. The lowest BCUT2D eigenvalue weighted by Crippen LogP contribution is -1.98. The van der Waals surface area contributed by atoms with Gasteiger partial charge in [0.25, 0.3) is 0 Å². The van der Waals surface area contributed by atoms with Crippen molar-refractivity contribution in [1.29, 1.82) is 0 Å². The van der Waals surface area contributed by atoms with E-state index in [2.05, 4.69) is 0 Å². The molecule has 0 heterocycles. The van der Waals surface area contributed by atoms with Crippen LogP contribution in [0.1, 0.15) is 36.5 Å². The summed E-state index contributed by atoms with van der Waals surface area (Å²) in [5, 5.41) is 9.68. The van der Waals surface area contributed by atoms with Crippen molar-refractivity contribution < 1.29 is 9.90 Å². The number of benzene rings is 1. The molecule has 0 atom stereocenters. The number of halogens is 2. The van der Waals surface area contributed by atoms with Crippen LogP contribution in [0, 0.1) is 0 Å². The third kappa shape index (κ3) is 3.11. The van der Waals surface area contributed by atoms with Crippen molar-refractivity contribution in [1.82, 2.24) is 0 Å². The Morgan fingerprint density at radius 3 is 2.60 bits per heavy atom. The average molecular weight is 247 g/mol. The van der Waals surface area contributed by atoms with Crippen LogP contribution in [0.3, 0.4) is 0 Å². The van der Waals surface area contributed by atoms with E-state index in [9.17, 15) is 9.90 Å². The number of hydrogen-bond acceptors (Lipinski definition) is 2. The van der Waals surface area contributed by atoms with Crippen LogP contribution in [0.2, 0.25) is 10.0 Å². The van der Waals surface area contributed by atoms with E-state index in [0.717, 1.165) is 12.8 Å². The van der Waals surface area contributed by atoms with Gasteiger partial charge in [0.15, 0.2) is 5.78 Å². The molecule has 0 saturated carbocycles. The second-order valence-corrected chi connectivity index (χ2v) is 4.10. The molecule has 1 aromatic rings. The highest BCUT2D eigenvalue weighted by molar-refractivity contribution is 6.43. The van der Waals surface area contributed by atoms with Gasteiger partial charge in [0, 0.05) is 12.0 Å². The molecule has 0 spiro atoms. The Morgan fingerprint density at radius 2 is 2.07 bits per heavy atom. The van der Waals surface area contributed by atoms with Gasteiger partial charge in [-0.3, -0.25) is 4.79 Å². The molecular weight excluding hydrogens is 235 g/mol. The minimum absolute atomic E-state index is 0.0225. The number of hydrogen-bond donors (Lipinski definition) is 1. The van der Waals surface area contributed by atoms with Gasteiger partial charge in [0.05, 0.1) is 5.02 Å². The van der Waals surface area contributed by atoms with Gasteiger partial charge in [-0.1, -0.05) is 36.5 Å². The number of unbranched alkanes of at least 4 members (excludes halogenated alkanes) is 1. The summed E-state index contributed by atoms with van der Waals surface area (Å²) in [6.07, 6.45) is 2.26. The summed E-state index contributed by atoms with van der Waals surface area (Å²) in [4.78, 5) is 11.6.